The molecule has 4 nitrogen and oxygen atoms in total. The van der Waals surface area contributed by atoms with Gasteiger partial charge in [-0.05, 0) is 56.4 Å². The molecule has 1 saturated heterocycles. The van der Waals surface area contributed by atoms with Gasteiger partial charge in [-0.2, -0.15) is 0 Å². The average Bonchev–Trinajstić information content (AvgIpc) is 3.21. The first kappa shape index (κ1) is 13.2. The minimum atomic E-state index is -0.0244. The third-order valence-electron chi connectivity index (χ3n) is 4.20. The molecule has 20 heavy (non-hydrogen) atoms. The van der Waals surface area contributed by atoms with Crippen molar-refractivity contribution in [2.75, 3.05) is 11.4 Å². The first-order valence-corrected chi connectivity index (χ1v) is 7.36. The summed E-state index contributed by atoms with van der Waals surface area (Å²) in [5, 5.41) is 3.04. The van der Waals surface area contributed by atoms with Crippen LogP contribution in [0.1, 0.15) is 43.0 Å². The molecule has 1 aliphatic heterocycles. The molecule has 0 bridgehead atoms. The van der Waals surface area contributed by atoms with Gasteiger partial charge in [-0.3, -0.25) is 9.59 Å². The molecule has 2 amide bonds. The summed E-state index contributed by atoms with van der Waals surface area (Å²) in [6.07, 6.45) is 3.98. The Morgan fingerprint density at radius 2 is 2.00 bits per heavy atom. The Morgan fingerprint density at radius 1 is 1.30 bits per heavy atom. The number of benzene rings is 1. The van der Waals surface area contributed by atoms with Crippen molar-refractivity contribution in [1.82, 2.24) is 5.32 Å². The van der Waals surface area contributed by atoms with Crippen molar-refractivity contribution in [1.29, 1.82) is 0 Å². The number of anilines is 1. The van der Waals surface area contributed by atoms with Gasteiger partial charge in [-0.15, -0.1) is 0 Å². The molecular weight excluding hydrogens is 252 g/mol. The average molecular weight is 272 g/mol. The largest absolute Gasteiger partial charge is 0.349 e. The summed E-state index contributed by atoms with van der Waals surface area (Å²) in [6.45, 7) is 2.84. The molecule has 1 atom stereocenters. The van der Waals surface area contributed by atoms with E-state index in [0.717, 1.165) is 18.7 Å². The van der Waals surface area contributed by atoms with E-state index in [1.54, 1.807) is 17.0 Å². The lowest BCUT2D eigenvalue weighted by atomic mass is 10.1. The van der Waals surface area contributed by atoms with Crippen LogP contribution < -0.4 is 10.2 Å². The van der Waals surface area contributed by atoms with Crippen LogP contribution in [0.2, 0.25) is 0 Å². The summed E-state index contributed by atoms with van der Waals surface area (Å²) in [5.74, 6) is 0.800. The summed E-state index contributed by atoms with van der Waals surface area (Å²) in [5.41, 5.74) is 1.55. The smallest absolute Gasteiger partial charge is 0.251 e. The van der Waals surface area contributed by atoms with Crippen LogP contribution >= 0.6 is 0 Å². The van der Waals surface area contributed by atoms with Crippen LogP contribution in [-0.2, 0) is 4.79 Å². The molecule has 0 aromatic heterocycles. The van der Waals surface area contributed by atoms with E-state index < -0.39 is 0 Å². The van der Waals surface area contributed by atoms with E-state index in [4.69, 9.17) is 0 Å². The normalized spacial score (nSPS) is 20.1. The Balaban J connectivity index is 1.65. The Morgan fingerprint density at radius 3 is 2.55 bits per heavy atom. The molecule has 1 heterocycles. The van der Waals surface area contributed by atoms with Crippen LogP contribution in [0.15, 0.2) is 24.3 Å². The highest BCUT2D eigenvalue weighted by molar-refractivity contribution is 5.97. The van der Waals surface area contributed by atoms with Crippen LogP contribution in [0.3, 0.4) is 0 Å². The molecule has 1 N–H and O–H groups in total. The molecule has 0 radical (unpaired) electrons. The summed E-state index contributed by atoms with van der Waals surface area (Å²) >= 11 is 0. The summed E-state index contributed by atoms with van der Waals surface area (Å²) < 4.78 is 0. The van der Waals surface area contributed by atoms with Crippen molar-refractivity contribution in [3.05, 3.63) is 29.8 Å². The molecular formula is C16H20N2O2. The Kier molecular flexibility index (Phi) is 3.47. The molecule has 1 aromatic rings. The lowest BCUT2D eigenvalue weighted by Crippen LogP contribution is -2.34. The van der Waals surface area contributed by atoms with Crippen LogP contribution in [-0.4, -0.2) is 24.4 Å². The fraction of sp³-hybridized carbons (Fsp3) is 0.500. The van der Waals surface area contributed by atoms with Gasteiger partial charge in [-0.1, -0.05) is 0 Å². The number of carbonyl (C=O) groups excluding carboxylic acids is 2. The number of hydrogen-bond donors (Lipinski definition) is 1. The van der Waals surface area contributed by atoms with Crippen LogP contribution in [0.5, 0.6) is 0 Å². The minimum absolute atomic E-state index is 0.0244. The standard InChI is InChI=1S/C16H20N2O2/c1-11(12-4-5-12)17-16(20)13-6-8-14(9-7-13)18-10-2-3-15(18)19/h6-9,11-12H,2-5,10H2,1H3,(H,17,20)/t11-/m0/s1. The molecule has 1 saturated carbocycles. The van der Waals surface area contributed by atoms with Gasteiger partial charge in [-0.25, -0.2) is 0 Å². The lowest BCUT2D eigenvalue weighted by molar-refractivity contribution is -0.117. The number of rotatable bonds is 4. The van der Waals surface area contributed by atoms with Gasteiger partial charge in [0.1, 0.15) is 0 Å². The predicted octanol–water partition coefficient (Wildman–Crippen LogP) is 2.34. The SMILES string of the molecule is C[C@H](NC(=O)c1ccc(N2CCCC2=O)cc1)C1CC1. The zero-order chi connectivity index (χ0) is 14.1. The first-order valence-electron chi connectivity index (χ1n) is 7.36. The fourth-order valence-electron chi connectivity index (χ4n) is 2.72. The third-order valence-corrected chi connectivity index (χ3v) is 4.20. The highest BCUT2D eigenvalue weighted by Crippen LogP contribution is 2.32. The van der Waals surface area contributed by atoms with Gasteiger partial charge in [0.05, 0.1) is 0 Å². The molecule has 0 unspecified atom stereocenters. The summed E-state index contributed by atoms with van der Waals surface area (Å²) in [6, 6.07) is 7.58. The van der Waals surface area contributed by atoms with Crippen LogP contribution in [0.4, 0.5) is 5.69 Å². The van der Waals surface area contributed by atoms with Gasteiger partial charge in [0.25, 0.3) is 5.91 Å². The van der Waals surface area contributed by atoms with E-state index in [-0.39, 0.29) is 17.9 Å². The van der Waals surface area contributed by atoms with Gasteiger partial charge in [0.15, 0.2) is 0 Å². The van der Waals surface area contributed by atoms with Crippen LogP contribution in [0.25, 0.3) is 0 Å². The maximum absolute atomic E-state index is 12.1. The number of amides is 2. The van der Waals surface area contributed by atoms with Gasteiger partial charge < -0.3 is 10.2 Å². The molecule has 3 rings (SSSR count). The third kappa shape index (κ3) is 2.69. The first-order chi connectivity index (χ1) is 9.65. The Labute approximate surface area is 119 Å². The Hall–Kier alpha value is -1.84. The lowest BCUT2D eigenvalue weighted by Gasteiger charge is -2.16. The quantitative estimate of drug-likeness (QED) is 0.914. The summed E-state index contributed by atoms with van der Waals surface area (Å²) in [4.78, 5) is 25.5. The van der Waals surface area contributed by atoms with E-state index in [1.807, 2.05) is 12.1 Å². The van der Waals surface area contributed by atoms with Gasteiger partial charge >= 0.3 is 0 Å². The Bertz CT molecular complexity index is 520. The number of hydrogen-bond acceptors (Lipinski definition) is 2. The van der Waals surface area contributed by atoms with Crippen molar-refractivity contribution in [2.24, 2.45) is 5.92 Å². The second kappa shape index (κ2) is 5.27. The molecule has 1 aliphatic carbocycles. The highest BCUT2D eigenvalue weighted by Gasteiger charge is 2.29. The molecule has 1 aromatic carbocycles. The molecule has 4 heteroatoms. The minimum Gasteiger partial charge on any atom is -0.349 e. The highest BCUT2D eigenvalue weighted by atomic mass is 16.2. The maximum Gasteiger partial charge on any atom is 0.251 e. The molecule has 2 aliphatic rings. The second-order valence-electron chi connectivity index (χ2n) is 5.80. The molecule has 0 spiro atoms. The van der Waals surface area contributed by atoms with E-state index in [9.17, 15) is 9.59 Å². The van der Waals surface area contributed by atoms with Crippen molar-refractivity contribution >= 4 is 17.5 Å². The van der Waals surface area contributed by atoms with Crippen molar-refractivity contribution in [2.45, 2.75) is 38.6 Å². The zero-order valence-corrected chi connectivity index (χ0v) is 11.8. The second-order valence-corrected chi connectivity index (χ2v) is 5.80. The number of carbonyl (C=O) groups is 2. The monoisotopic (exact) mass is 272 g/mol. The van der Waals surface area contributed by atoms with Crippen molar-refractivity contribution in [3.63, 3.8) is 0 Å². The number of nitrogens with zero attached hydrogens (tertiary/aromatic N) is 1. The molecule has 106 valence electrons. The zero-order valence-electron chi connectivity index (χ0n) is 11.8. The van der Waals surface area contributed by atoms with Gasteiger partial charge in [0.2, 0.25) is 5.91 Å². The van der Waals surface area contributed by atoms with E-state index in [2.05, 4.69) is 12.2 Å². The maximum atomic E-state index is 12.1. The number of nitrogens with one attached hydrogen (secondary N) is 1. The van der Waals surface area contributed by atoms with Gasteiger partial charge in [0, 0.05) is 30.3 Å². The fourth-order valence-corrected chi connectivity index (χ4v) is 2.72. The van der Waals surface area contributed by atoms with E-state index >= 15 is 0 Å². The predicted molar refractivity (Wildman–Crippen MR) is 77.7 cm³/mol. The van der Waals surface area contributed by atoms with Crippen molar-refractivity contribution in [3.8, 4) is 0 Å². The topological polar surface area (TPSA) is 49.4 Å². The van der Waals surface area contributed by atoms with Crippen LogP contribution in [0, 0.1) is 5.92 Å². The summed E-state index contributed by atoms with van der Waals surface area (Å²) in [7, 11) is 0. The van der Waals surface area contributed by atoms with E-state index in [1.165, 1.54) is 12.8 Å². The van der Waals surface area contributed by atoms with Crippen molar-refractivity contribution < 1.29 is 9.59 Å². The van der Waals surface area contributed by atoms with E-state index in [0.29, 0.717) is 17.9 Å². The molecule has 2 fully saturated rings.